The lowest BCUT2D eigenvalue weighted by Gasteiger charge is -2.32. The molecule has 0 radical (unpaired) electrons. The van der Waals surface area contributed by atoms with E-state index in [1.165, 1.54) is 23.2 Å². The molecule has 1 fully saturated rings. The molecule has 1 aliphatic heterocycles. The van der Waals surface area contributed by atoms with Gasteiger partial charge in [-0.05, 0) is 25.0 Å². The quantitative estimate of drug-likeness (QED) is 0.616. The van der Waals surface area contributed by atoms with Crippen molar-refractivity contribution in [3.8, 4) is 0 Å². The minimum Gasteiger partial charge on any atom is -0.350 e. The highest BCUT2D eigenvalue weighted by Crippen LogP contribution is 2.28. The van der Waals surface area contributed by atoms with Crippen molar-refractivity contribution in [1.82, 2.24) is 14.7 Å². The van der Waals surface area contributed by atoms with E-state index < -0.39 is 40.7 Å². The Labute approximate surface area is 155 Å². The standard InChI is InChI=1S/C16H16F3N5O4/c17-16(18,19)9-20-14(25)10-4-3-6-22(8-10)13-12(24(27)28)15(26)23-7-2-1-5-11(23)21-13/h1-2,5,7,10H,3-4,6,8-9H2,(H,20,25). The minimum absolute atomic E-state index is 0.0695. The monoisotopic (exact) mass is 399 g/mol. The highest BCUT2D eigenvalue weighted by atomic mass is 19.4. The van der Waals surface area contributed by atoms with E-state index in [1.54, 1.807) is 6.07 Å². The van der Waals surface area contributed by atoms with Gasteiger partial charge in [-0.2, -0.15) is 13.2 Å². The predicted octanol–water partition coefficient (Wildman–Crippen LogP) is 1.50. The molecule has 1 aliphatic rings. The lowest BCUT2D eigenvalue weighted by Crippen LogP contribution is -2.46. The van der Waals surface area contributed by atoms with Crippen LogP contribution in [0.5, 0.6) is 0 Å². The van der Waals surface area contributed by atoms with E-state index in [9.17, 15) is 32.9 Å². The van der Waals surface area contributed by atoms with Crippen LogP contribution in [0, 0.1) is 16.0 Å². The van der Waals surface area contributed by atoms with Gasteiger partial charge in [0.05, 0.1) is 10.8 Å². The van der Waals surface area contributed by atoms with Crippen LogP contribution in [0.15, 0.2) is 29.2 Å². The molecule has 0 spiro atoms. The number of aromatic nitrogens is 2. The van der Waals surface area contributed by atoms with Crippen LogP contribution < -0.4 is 15.8 Å². The Morgan fingerprint density at radius 3 is 2.82 bits per heavy atom. The van der Waals surface area contributed by atoms with Crippen LogP contribution in [0.25, 0.3) is 5.65 Å². The summed E-state index contributed by atoms with van der Waals surface area (Å²) in [7, 11) is 0. The van der Waals surface area contributed by atoms with Gasteiger partial charge in [0.2, 0.25) is 11.7 Å². The molecule has 1 saturated heterocycles. The van der Waals surface area contributed by atoms with Gasteiger partial charge in [-0.3, -0.25) is 24.1 Å². The molecule has 0 bridgehead atoms. The zero-order chi connectivity index (χ0) is 20.5. The summed E-state index contributed by atoms with van der Waals surface area (Å²) in [5.41, 5.74) is -1.41. The van der Waals surface area contributed by atoms with Gasteiger partial charge < -0.3 is 10.2 Å². The Morgan fingerprint density at radius 1 is 1.39 bits per heavy atom. The number of pyridine rings is 1. The van der Waals surface area contributed by atoms with Crippen LogP contribution >= 0.6 is 0 Å². The number of anilines is 1. The average Bonchev–Trinajstić information content (AvgIpc) is 2.65. The molecule has 150 valence electrons. The molecule has 3 rings (SSSR count). The van der Waals surface area contributed by atoms with E-state index in [4.69, 9.17) is 0 Å². The molecular weight excluding hydrogens is 383 g/mol. The third-order valence-corrected chi connectivity index (χ3v) is 4.43. The summed E-state index contributed by atoms with van der Waals surface area (Å²) in [5.74, 6) is -1.77. The highest BCUT2D eigenvalue weighted by molar-refractivity contribution is 5.79. The Hall–Kier alpha value is -3.18. The first-order chi connectivity index (χ1) is 13.2. The summed E-state index contributed by atoms with van der Waals surface area (Å²) in [4.78, 5) is 40.8. The molecule has 1 atom stereocenters. The van der Waals surface area contributed by atoms with Gasteiger partial charge >= 0.3 is 17.4 Å². The third kappa shape index (κ3) is 4.05. The van der Waals surface area contributed by atoms with Crippen molar-refractivity contribution < 1.29 is 22.9 Å². The van der Waals surface area contributed by atoms with Crippen molar-refractivity contribution in [3.63, 3.8) is 0 Å². The van der Waals surface area contributed by atoms with Crippen LogP contribution in [-0.4, -0.2) is 46.0 Å². The average molecular weight is 399 g/mol. The number of carbonyl (C=O) groups excluding carboxylic acids is 1. The summed E-state index contributed by atoms with van der Waals surface area (Å²) in [6.07, 6.45) is -2.43. The van der Waals surface area contributed by atoms with Crippen molar-refractivity contribution in [3.05, 3.63) is 44.9 Å². The van der Waals surface area contributed by atoms with E-state index in [1.807, 2.05) is 5.32 Å². The van der Waals surface area contributed by atoms with Gasteiger partial charge in [0.25, 0.3) is 0 Å². The second-order valence-electron chi connectivity index (χ2n) is 6.39. The van der Waals surface area contributed by atoms with E-state index in [2.05, 4.69) is 4.98 Å². The van der Waals surface area contributed by atoms with Gasteiger partial charge in [-0.1, -0.05) is 6.07 Å². The molecule has 28 heavy (non-hydrogen) atoms. The number of halogens is 3. The van der Waals surface area contributed by atoms with Crippen molar-refractivity contribution in [1.29, 1.82) is 0 Å². The van der Waals surface area contributed by atoms with Crippen LogP contribution in [0.3, 0.4) is 0 Å². The first kappa shape index (κ1) is 19.6. The number of piperidine rings is 1. The summed E-state index contributed by atoms with van der Waals surface area (Å²) in [6.45, 7) is -1.22. The normalized spacial score (nSPS) is 17.5. The van der Waals surface area contributed by atoms with Crippen molar-refractivity contribution in [2.24, 2.45) is 5.92 Å². The van der Waals surface area contributed by atoms with E-state index in [0.29, 0.717) is 19.4 Å². The lowest BCUT2D eigenvalue weighted by atomic mass is 9.97. The van der Waals surface area contributed by atoms with Gasteiger partial charge in [-0.25, -0.2) is 4.98 Å². The Balaban J connectivity index is 1.91. The zero-order valence-electron chi connectivity index (χ0n) is 14.5. The maximum atomic E-state index is 12.5. The number of nitrogens with one attached hydrogen (secondary N) is 1. The summed E-state index contributed by atoms with van der Waals surface area (Å²) in [6, 6.07) is 4.65. The molecule has 9 nitrogen and oxygen atoms in total. The van der Waals surface area contributed by atoms with Crippen molar-refractivity contribution in [2.45, 2.75) is 19.0 Å². The minimum atomic E-state index is -4.53. The SMILES string of the molecule is O=C(NCC(F)(F)F)C1CCCN(c2nc3ccccn3c(=O)c2[N+](=O)[O-])C1. The van der Waals surface area contributed by atoms with Crippen molar-refractivity contribution in [2.75, 3.05) is 24.5 Å². The maximum absolute atomic E-state index is 12.5. The number of alkyl halides is 3. The third-order valence-electron chi connectivity index (χ3n) is 4.43. The summed E-state index contributed by atoms with van der Waals surface area (Å²) >= 11 is 0. The van der Waals surface area contributed by atoms with E-state index >= 15 is 0 Å². The Kier molecular flexibility index (Phi) is 5.21. The Morgan fingerprint density at radius 2 is 2.14 bits per heavy atom. The van der Waals surface area contributed by atoms with Crippen LogP contribution in [-0.2, 0) is 4.79 Å². The number of hydrogen-bond acceptors (Lipinski definition) is 6. The molecule has 2 aromatic rings. The molecule has 0 aromatic carbocycles. The number of carbonyl (C=O) groups is 1. The molecule has 3 heterocycles. The van der Waals surface area contributed by atoms with Crippen molar-refractivity contribution >= 4 is 23.1 Å². The predicted molar refractivity (Wildman–Crippen MR) is 92.1 cm³/mol. The largest absolute Gasteiger partial charge is 0.405 e. The molecule has 0 aliphatic carbocycles. The zero-order valence-corrected chi connectivity index (χ0v) is 14.5. The highest BCUT2D eigenvalue weighted by Gasteiger charge is 2.34. The summed E-state index contributed by atoms with van der Waals surface area (Å²) in [5, 5.41) is 13.3. The molecule has 0 saturated carbocycles. The second kappa shape index (κ2) is 7.44. The smallest absolute Gasteiger partial charge is 0.350 e. The molecule has 2 aromatic heterocycles. The fourth-order valence-corrected chi connectivity index (χ4v) is 3.16. The second-order valence-corrected chi connectivity index (χ2v) is 6.39. The Bertz CT molecular complexity index is 975. The fourth-order valence-electron chi connectivity index (χ4n) is 3.16. The topological polar surface area (TPSA) is 110 Å². The number of nitro groups is 1. The fraction of sp³-hybridized carbons (Fsp3) is 0.438. The number of fused-ring (bicyclic) bond motifs is 1. The van der Waals surface area contributed by atoms with Crippen LogP contribution in [0.4, 0.5) is 24.7 Å². The van der Waals surface area contributed by atoms with Crippen LogP contribution in [0.1, 0.15) is 12.8 Å². The van der Waals surface area contributed by atoms with E-state index in [0.717, 1.165) is 4.40 Å². The molecule has 1 unspecified atom stereocenters. The first-order valence-electron chi connectivity index (χ1n) is 8.42. The molecule has 1 amide bonds. The number of rotatable bonds is 4. The first-order valence-corrected chi connectivity index (χ1v) is 8.42. The molecular formula is C16H16F3N5O4. The molecule has 12 heteroatoms. The number of hydrogen-bond donors (Lipinski definition) is 1. The molecule has 1 N–H and O–H groups in total. The van der Waals surface area contributed by atoms with Gasteiger partial charge in [-0.15, -0.1) is 0 Å². The van der Waals surface area contributed by atoms with Gasteiger partial charge in [0.1, 0.15) is 12.2 Å². The lowest BCUT2D eigenvalue weighted by molar-refractivity contribution is -0.385. The number of nitrogens with zero attached hydrogens (tertiary/aromatic N) is 4. The van der Waals surface area contributed by atoms with E-state index in [-0.39, 0.29) is 18.0 Å². The van der Waals surface area contributed by atoms with Crippen LogP contribution in [0.2, 0.25) is 0 Å². The number of amides is 1. The van der Waals surface area contributed by atoms with Gasteiger partial charge in [0, 0.05) is 19.3 Å². The van der Waals surface area contributed by atoms with Gasteiger partial charge in [0.15, 0.2) is 0 Å². The summed E-state index contributed by atoms with van der Waals surface area (Å²) < 4.78 is 38.0. The maximum Gasteiger partial charge on any atom is 0.405 e.